The molecule has 0 fully saturated rings. The number of hydrogen-bond acceptors (Lipinski definition) is 2. The first kappa shape index (κ1) is 14.7. The lowest BCUT2D eigenvalue weighted by molar-refractivity contribution is -0.0187. The van der Waals surface area contributed by atoms with E-state index in [4.69, 9.17) is 0 Å². The largest absolute Gasteiger partial charge is 0.390 e. The highest BCUT2D eigenvalue weighted by Gasteiger charge is 2.23. The smallest absolute Gasteiger partial charge is 0.0842 e. The summed E-state index contributed by atoms with van der Waals surface area (Å²) in [6, 6.07) is 7.83. The standard InChI is InChI=1S/C14H21BrO2/c1-3-11(4-2)14(17)13(16)9-10-6-5-7-12(15)8-10/h5-8,11,13-14,16-17H,3-4,9H2,1-2H3. The third-order valence-electron chi connectivity index (χ3n) is 3.26. The van der Waals surface area contributed by atoms with Crippen LogP contribution in [-0.2, 0) is 6.42 Å². The lowest BCUT2D eigenvalue weighted by Gasteiger charge is -2.25. The van der Waals surface area contributed by atoms with Crippen LogP contribution in [0.25, 0.3) is 0 Å². The first-order chi connectivity index (χ1) is 8.08. The first-order valence-corrected chi connectivity index (χ1v) is 6.98. The fourth-order valence-electron chi connectivity index (χ4n) is 2.11. The quantitative estimate of drug-likeness (QED) is 0.847. The van der Waals surface area contributed by atoms with Gasteiger partial charge in [-0.15, -0.1) is 0 Å². The molecular weight excluding hydrogens is 280 g/mol. The van der Waals surface area contributed by atoms with Crippen molar-refractivity contribution in [1.82, 2.24) is 0 Å². The normalized spacial score (nSPS) is 14.9. The van der Waals surface area contributed by atoms with Gasteiger partial charge in [0.05, 0.1) is 12.2 Å². The summed E-state index contributed by atoms with van der Waals surface area (Å²) in [5.74, 6) is 0.178. The fourth-order valence-corrected chi connectivity index (χ4v) is 2.56. The van der Waals surface area contributed by atoms with Crippen LogP contribution in [-0.4, -0.2) is 22.4 Å². The summed E-state index contributed by atoms with van der Waals surface area (Å²) < 4.78 is 0.999. The molecule has 0 saturated heterocycles. The van der Waals surface area contributed by atoms with E-state index in [0.29, 0.717) is 6.42 Å². The summed E-state index contributed by atoms with van der Waals surface area (Å²) >= 11 is 3.40. The van der Waals surface area contributed by atoms with Gasteiger partial charge in [0.15, 0.2) is 0 Å². The predicted molar refractivity (Wildman–Crippen MR) is 73.9 cm³/mol. The summed E-state index contributed by atoms with van der Waals surface area (Å²) in [5.41, 5.74) is 1.04. The number of aliphatic hydroxyl groups excluding tert-OH is 2. The Hall–Kier alpha value is -0.380. The Morgan fingerprint density at radius 1 is 1.18 bits per heavy atom. The lowest BCUT2D eigenvalue weighted by atomic mass is 9.90. The molecule has 0 amide bonds. The number of benzene rings is 1. The van der Waals surface area contributed by atoms with Crippen LogP contribution in [0.3, 0.4) is 0 Å². The molecule has 2 unspecified atom stereocenters. The monoisotopic (exact) mass is 300 g/mol. The maximum atomic E-state index is 10.0. The zero-order valence-electron chi connectivity index (χ0n) is 10.4. The number of hydrogen-bond donors (Lipinski definition) is 2. The fraction of sp³-hybridized carbons (Fsp3) is 0.571. The van der Waals surface area contributed by atoms with Gasteiger partial charge in [-0.2, -0.15) is 0 Å². The van der Waals surface area contributed by atoms with Crippen molar-refractivity contribution >= 4 is 15.9 Å². The molecule has 2 atom stereocenters. The zero-order chi connectivity index (χ0) is 12.8. The molecule has 0 radical (unpaired) electrons. The van der Waals surface area contributed by atoms with E-state index in [2.05, 4.69) is 15.9 Å². The molecule has 0 saturated carbocycles. The Bertz CT molecular complexity index is 337. The van der Waals surface area contributed by atoms with Crippen molar-refractivity contribution in [1.29, 1.82) is 0 Å². The highest BCUT2D eigenvalue weighted by Crippen LogP contribution is 2.19. The molecule has 1 aromatic rings. The molecule has 0 aliphatic rings. The summed E-state index contributed by atoms with van der Waals surface area (Å²) in [4.78, 5) is 0. The van der Waals surface area contributed by atoms with E-state index in [1.807, 2.05) is 38.1 Å². The third-order valence-corrected chi connectivity index (χ3v) is 3.75. The summed E-state index contributed by atoms with van der Waals surface area (Å²) in [6.45, 7) is 4.09. The number of aliphatic hydroxyl groups is 2. The summed E-state index contributed by atoms with van der Waals surface area (Å²) in [7, 11) is 0. The van der Waals surface area contributed by atoms with Crippen LogP contribution >= 0.6 is 15.9 Å². The maximum absolute atomic E-state index is 10.0. The minimum absolute atomic E-state index is 0.178. The Kier molecular flexibility index (Phi) is 6.17. The molecule has 2 nitrogen and oxygen atoms in total. The molecule has 1 rings (SSSR count). The van der Waals surface area contributed by atoms with Gasteiger partial charge in [0.2, 0.25) is 0 Å². The van der Waals surface area contributed by atoms with Crippen LogP contribution in [0.1, 0.15) is 32.3 Å². The van der Waals surface area contributed by atoms with Crippen LogP contribution < -0.4 is 0 Å². The van der Waals surface area contributed by atoms with E-state index in [1.165, 1.54) is 0 Å². The van der Waals surface area contributed by atoms with Crippen molar-refractivity contribution < 1.29 is 10.2 Å². The van der Waals surface area contributed by atoms with Gasteiger partial charge in [-0.25, -0.2) is 0 Å². The van der Waals surface area contributed by atoms with Crippen molar-refractivity contribution in [3.63, 3.8) is 0 Å². The SMILES string of the molecule is CCC(CC)C(O)C(O)Cc1cccc(Br)c1. The van der Waals surface area contributed by atoms with Crippen molar-refractivity contribution in [2.24, 2.45) is 5.92 Å². The minimum Gasteiger partial charge on any atom is -0.390 e. The van der Waals surface area contributed by atoms with E-state index >= 15 is 0 Å². The average molecular weight is 301 g/mol. The van der Waals surface area contributed by atoms with Gasteiger partial charge in [0.1, 0.15) is 0 Å². The third kappa shape index (κ3) is 4.41. The van der Waals surface area contributed by atoms with Crippen LogP contribution in [0.15, 0.2) is 28.7 Å². The molecule has 0 bridgehead atoms. The van der Waals surface area contributed by atoms with Gasteiger partial charge in [-0.3, -0.25) is 0 Å². The molecule has 0 heterocycles. The molecule has 2 N–H and O–H groups in total. The van der Waals surface area contributed by atoms with E-state index in [0.717, 1.165) is 22.9 Å². The Balaban J connectivity index is 2.62. The molecule has 3 heteroatoms. The average Bonchev–Trinajstić information content (AvgIpc) is 2.30. The lowest BCUT2D eigenvalue weighted by Crippen LogP contribution is -2.34. The van der Waals surface area contributed by atoms with Crippen LogP contribution in [0.4, 0.5) is 0 Å². The molecule has 96 valence electrons. The second kappa shape index (κ2) is 7.14. The molecule has 17 heavy (non-hydrogen) atoms. The first-order valence-electron chi connectivity index (χ1n) is 6.19. The zero-order valence-corrected chi connectivity index (χ0v) is 12.0. The van der Waals surface area contributed by atoms with E-state index in [9.17, 15) is 10.2 Å². The van der Waals surface area contributed by atoms with Gasteiger partial charge in [-0.1, -0.05) is 54.8 Å². The molecule has 0 aliphatic carbocycles. The highest BCUT2D eigenvalue weighted by molar-refractivity contribution is 9.10. The minimum atomic E-state index is -0.686. The second-order valence-corrected chi connectivity index (χ2v) is 5.38. The van der Waals surface area contributed by atoms with E-state index < -0.39 is 12.2 Å². The predicted octanol–water partition coefficient (Wildman–Crippen LogP) is 3.15. The molecule has 1 aromatic carbocycles. The summed E-state index contributed by atoms with van der Waals surface area (Å²) in [5, 5.41) is 20.1. The van der Waals surface area contributed by atoms with Crippen molar-refractivity contribution in [3.8, 4) is 0 Å². The Labute approximate surface area is 112 Å². The maximum Gasteiger partial charge on any atom is 0.0842 e. The summed E-state index contributed by atoms with van der Waals surface area (Å²) in [6.07, 6.45) is 0.968. The van der Waals surface area contributed by atoms with Gasteiger partial charge < -0.3 is 10.2 Å². The molecule has 0 aromatic heterocycles. The van der Waals surface area contributed by atoms with E-state index in [1.54, 1.807) is 0 Å². The van der Waals surface area contributed by atoms with Crippen molar-refractivity contribution in [2.75, 3.05) is 0 Å². The number of rotatable bonds is 6. The second-order valence-electron chi connectivity index (χ2n) is 4.47. The van der Waals surface area contributed by atoms with Crippen LogP contribution in [0.5, 0.6) is 0 Å². The highest BCUT2D eigenvalue weighted by atomic mass is 79.9. The molecule has 0 aliphatic heterocycles. The van der Waals surface area contributed by atoms with Crippen molar-refractivity contribution in [2.45, 2.75) is 45.3 Å². The molecular formula is C14H21BrO2. The number of halogens is 1. The molecule has 0 spiro atoms. The van der Waals surface area contributed by atoms with Crippen LogP contribution in [0, 0.1) is 5.92 Å². The van der Waals surface area contributed by atoms with E-state index in [-0.39, 0.29) is 5.92 Å². The van der Waals surface area contributed by atoms with Crippen molar-refractivity contribution in [3.05, 3.63) is 34.3 Å². The Morgan fingerprint density at radius 3 is 2.35 bits per heavy atom. The topological polar surface area (TPSA) is 40.5 Å². The van der Waals surface area contributed by atoms with Gasteiger partial charge >= 0.3 is 0 Å². The van der Waals surface area contributed by atoms with Gasteiger partial charge in [0, 0.05) is 10.9 Å². The Morgan fingerprint density at radius 2 is 1.82 bits per heavy atom. The van der Waals surface area contributed by atoms with Crippen LogP contribution in [0.2, 0.25) is 0 Å². The van der Waals surface area contributed by atoms with Gasteiger partial charge in [-0.05, 0) is 23.6 Å². The van der Waals surface area contributed by atoms with Gasteiger partial charge in [0.25, 0.3) is 0 Å².